The van der Waals surface area contributed by atoms with Crippen LogP contribution in [0.15, 0.2) is 22.8 Å². The fourth-order valence-electron chi connectivity index (χ4n) is 3.78. The largest absolute Gasteiger partial charge is 0.468 e. The first-order valence-corrected chi connectivity index (χ1v) is 9.66. The zero-order valence-electron chi connectivity index (χ0n) is 16.0. The molecule has 2 fully saturated rings. The van der Waals surface area contributed by atoms with E-state index >= 15 is 0 Å². The van der Waals surface area contributed by atoms with Crippen LogP contribution >= 0.6 is 0 Å². The van der Waals surface area contributed by atoms with Crippen molar-refractivity contribution in [3.05, 3.63) is 24.2 Å². The fourth-order valence-corrected chi connectivity index (χ4v) is 3.78. The van der Waals surface area contributed by atoms with Gasteiger partial charge >= 0.3 is 6.03 Å². The second kappa shape index (κ2) is 9.39. The van der Waals surface area contributed by atoms with E-state index in [-0.39, 0.29) is 12.1 Å². The minimum Gasteiger partial charge on any atom is -0.468 e. The van der Waals surface area contributed by atoms with Crippen molar-refractivity contribution in [2.45, 2.75) is 18.9 Å². The van der Waals surface area contributed by atoms with E-state index < -0.39 is 0 Å². The molecule has 0 aromatic carbocycles. The minimum absolute atomic E-state index is 0.0354. The van der Waals surface area contributed by atoms with E-state index in [2.05, 4.69) is 15.1 Å². The summed E-state index contributed by atoms with van der Waals surface area (Å²) in [7, 11) is 3.99. The summed E-state index contributed by atoms with van der Waals surface area (Å²) in [5, 5.41) is 3.08. The second-order valence-corrected chi connectivity index (χ2v) is 7.52. The number of carbonyl (C=O) groups excluding carboxylic acids is 1. The Morgan fingerprint density at radius 1 is 1.27 bits per heavy atom. The summed E-state index contributed by atoms with van der Waals surface area (Å²) in [5.41, 5.74) is 0. The molecule has 1 atom stereocenters. The molecule has 2 amide bonds. The first kappa shape index (κ1) is 19.2. The first-order chi connectivity index (χ1) is 12.6. The van der Waals surface area contributed by atoms with Gasteiger partial charge in [0.2, 0.25) is 0 Å². The van der Waals surface area contributed by atoms with E-state index in [0.29, 0.717) is 12.5 Å². The molecule has 1 aromatic rings. The highest BCUT2D eigenvalue weighted by atomic mass is 16.5. The van der Waals surface area contributed by atoms with Crippen LogP contribution in [0.4, 0.5) is 4.79 Å². The second-order valence-electron chi connectivity index (χ2n) is 7.52. The number of amides is 2. The maximum absolute atomic E-state index is 12.5. The van der Waals surface area contributed by atoms with Crippen LogP contribution in [-0.2, 0) is 4.74 Å². The van der Waals surface area contributed by atoms with E-state index in [1.807, 2.05) is 31.1 Å². The van der Waals surface area contributed by atoms with E-state index in [1.54, 1.807) is 6.26 Å². The number of hydrogen-bond donors (Lipinski definition) is 1. The number of ether oxygens (including phenoxy) is 1. The molecule has 0 saturated carbocycles. The van der Waals surface area contributed by atoms with Crippen molar-refractivity contribution in [3.63, 3.8) is 0 Å². The quantitative estimate of drug-likeness (QED) is 0.831. The molecule has 2 aliphatic heterocycles. The normalized spacial score (nSPS) is 21.1. The number of carbonyl (C=O) groups is 1. The molecule has 7 nitrogen and oxygen atoms in total. The van der Waals surface area contributed by atoms with Gasteiger partial charge in [-0.2, -0.15) is 0 Å². The third kappa shape index (κ3) is 5.22. The number of morpholine rings is 1. The Labute approximate surface area is 156 Å². The molecule has 1 unspecified atom stereocenters. The van der Waals surface area contributed by atoms with Gasteiger partial charge in [-0.3, -0.25) is 9.80 Å². The molecule has 0 radical (unpaired) electrons. The first-order valence-electron chi connectivity index (χ1n) is 9.66. The van der Waals surface area contributed by atoms with Crippen molar-refractivity contribution in [1.82, 2.24) is 20.0 Å². The number of nitrogens with zero attached hydrogens (tertiary/aromatic N) is 3. The number of piperidine rings is 1. The summed E-state index contributed by atoms with van der Waals surface area (Å²) >= 11 is 0. The number of likely N-dealkylation sites (tertiary alicyclic amines) is 1. The Balaban J connectivity index is 1.40. The van der Waals surface area contributed by atoms with Crippen molar-refractivity contribution in [2.75, 3.05) is 66.6 Å². The summed E-state index contributed by atoms with van der Waals surface area (Å²) in [6.07, 6.45) is 3.84. The minimum atomic E-state index is 0.0354. The molecule has 7 heteroatoms. The highest BCUT2D eigenvalue weighted by Crippen LogP contribution is 2.20. The maximum Gasteiger partial charge on any atom is 0.317 e. The molecule has 1 N–H and O–H groups in total. The van der Waals surface area contributed by atoms with Crippen LogP contribution in [0.3, 0.4) is 0 Å². The topological polar surface area (TPSA) is 61.2 Å². The van der Waals surface area contributed by atoms with Crippen LogP contribution in [0.25, 0.3) is 0 Å². The van der Waals surface area contributed by atoms with Crippen molar-refractivity contribution >= 4 is 6.03 Å². The molecular formula is C19H32N4O3. The lowest BCUT2D eigenvalue weighted by Crippen LogP contribution is -2.48. The lowest BCUT2D eigenvalue weighted by atomic mass is 9.96. The van der Waals surface area contributed by atoms with Gasteiger partial charge in [0.1, 0.15) is 5.76 Å². The molecule has 26 heavy (non-hydrogen) atoms. The average molecular weight is 364 g/mol. The van der Waals surface area contributed by atoms with Gasteiger partial charge in [0.05, 0.1) is 25.5 Å². The molecule has 1 aromatic heterocycles. The Morgan fingerprint density at radius 3 is 2.62 bits per heavy atom. The number of hydrogen-bond acceptors (Lipinski definition) is 5. The van der Waals surface area contributed by atoms with Gasteiger partial charge in [-0.1, -0.05) is 0 Å². The van der Waals surface area contributed by atoms with E-state index in [4.69, 9.17) is 9.15 Å². The Morgan fingerprint density at radius 2 is 2.00 bits per heavy atom. The predicted octanol–water partition coefficient (Wildman–Crippen LogP) is 1.64. The van der Waals surface area contributed by atoms with Crippen LogP contribution < -0.4 is 5.32 Å². The van der Waals surface area contributed by atoms with Crippen molar-refractivity contribution in [1.29, 1.82) is 0 Å². The number of furan rings is 1. The number of nitrogens with one attached hydrogen (secondary N) is 1. The Kier molecular flexibility index (Phi) is 6.93. The molecule has 2 aliphatic rings. The molecule has 0 aliphatic carbocycles. The summed E-state index contributed by atoms with van der Waals surface area (Å²) in [6.45, 7) is 7.16. The van der Waals surface area contributed by atoms with Gasteiger partial charge in [-0.05, 0) is 45.0 Å². The Hall–Kier alpha value is -1.57. The molecule has 146 valence electrons. The lowest BCUT2D eigenvalue weighted by molar-refractivity contribution is 0.0258. The molecule has 2 saturated heterocycles. The fraction of sp³-hybridized carbons (Fsp3) is 0.737. The van der Waals surface area contributed by atoms with Crippen molar-refractivity contribution in [2.24, 2.45) is 5.92 Å². The number of urea groups is 1. The van der Waals surface area contributed by atoms with E-state index in [0.717, 1.165) is 64.5 Å². The van der Waals surface area contributed by atoms with Gasteiger partial charge < -0.3 is 19.4 Å². The zero-order chi connectivity index (χ0) is 18.4. The van der Waals surface area contributed by atoms with Gasteiger partial charge in [-0.25, -0.2) is 4.79 Å². The van der Waals surface area contributed by atoms with Crippen LogP contribution in [0, 0.1) is 5.92 Å². The van der Waals surface area contributed by atoms with Crippen molar-refractivity contribution < 1.29 is 13.9 Å². The monoisotopic (exact) mass is 364 g/mol. The van der Waals surface area contributed by atoms with Crippen molar-refractivity contribution in [3.8, 4) is 0 Å². The van der Waals surface area contributed by atoms with Gasteiger partial charge in [0, 0.05) is 39.3 Å². The summed E-state index contributed by atoms with van der Waals surface area (Å²) in [4.78, 5) is 19.0. The lowest BCUT2D eigenvalue weighted by Gasteiger charge is -2.36. The van der Waals surface area contributed by atoms with E-state index in [1.165, 1.54) is 0 Å². The van der Waals surface area contributed by atoms with Gasteiger partial charge in [0.25, 0.3) is 0 Å². The van der Waals surface area contributed by atoms with Crippen LogP contribution in [0.1, 0.15) is 24.6 Å². The van der Waals surface area contributed by atoms with E-state index in [9.17, 15) is 4.79 Å². The third-order valence-corrected chi connectivity index (χ3v) is 5.46. The Bertz CT molecular complexity index is 535. The molecule has 0 spiro atoms. The smallest absolute Gasteiger partial charge is 0.317 e. The molecule has 3 heterocycles. The third-order valence-electron chi connectivity index (χ3n) is 5.46. The molecule has 3 rings (SSSR count). The van der Waals surface area contributed by atoms with Crippen LogP contribution in [0.2, 0.25) is 0 Å². The summed E-state index contributed by atoms with van der Waals surface area (Å²) < 4.78 is 10.9. The van der Waals surface area contributed by atoms with Gasteiger partial charge in [0.15, 0.2) is 0 Å². The summed E-state index contributed by atoms with van der Waals surface area (Å²) in [6, 6.07) is 3.92. The average Bonchev–Trinajstić information content (AvgIpc) is 3.17. The van der Waals surface area contributed by atoms with Gasteiger partial charge in [-0.15, -0.1) is 0 Å². The predicted molar refractivity (Wildman–Crippen MR) is 100 cm³/mol. The highest BCUT2D eigenvalue weighted by Gasteiger charge is 2.26. The maximum atomic E-state index is 12.5. The SMILES string of the molecule is CN(C)C(CNC(=O)N1CCC(CN2CCOCC2)CC1)c1ccco1. The highest BCUT2D eigenvalue weighted by molar-refractivity contribution is 5.74. The zero-order valence-corrected chi connectivity index (χ0v) is 16.0. The molecular weight excluding hydrogens is 332 g/mol. The standard InChI is InChI=1S/C19H32N4O3/c1-21(2)17(18-4-3-11-26-18)14-20-19(24)23-7-5-16(6-8-23)15-22-9-12-25-13-10-22/h3-4,11,16-17H,5-10,12-15H2,1-2H3,(H,20,24). The number of rotatable bonds is 6. The number of likely N-dealkylation sites (N-methyl/N-ethyl adjacent to an activating group) is 1. The molecule has 0 bridgehead atoms. The summed E-state index contributed by atoms with van der Waals surface area (Å²) in [5.74, 6) is 1.56. The van der Waals surface area contributed by atoms with Crippen LogP contribution in [-0.4, -0.2) is 87.3 Å². The van der Waals surface area contributed by atoms with Crippen LogP contribution in [0.5, 0.6) is 0 Å².